The Morgan fingerprint density at radius 3 is 2.79 bits per heavy atom. The molecular weight excluding hydrogens is 384 g/mol. The highest BCUT2D eigenvalue weighted by molar-refractivity contribution is 6.30. The fraction of sp³-hybridized carbons (Fsp3) is 0.333. The lowest BCUT2D eigenvalue weighted by Gasteiger charge is -2.21. The molecule has 4 nitrogen and oxygen atoms in total. The van der Waals surface area contributed by atoms with Crippen LogP contribution in [0.1, 0.15) is 41.6 Å². The maximum atomic E-state index is 13.1. The van der Waals surface area contributed by atoms with Gasteiger partial charge in [-0.05, 0) is 55.9 Å². The lowest BCUT2D eigenvalue weighted by atomic mass is 9.91. The summed E-state index contributed by atoms with van der Waals surface area (Å²) in [6, 6.07) is 13.6. The Bertz CT molecular complexity index is 1030. The van der Waals surface area contributed by atoms with Crippen LogP contribution in [0.25, 0.3) is 10.8 Å². The summed E-state index contributed by atoms with van der Waals surface area (Å²) in [7, 11) is 0. The average molecular weight is 409 g/mol. The predicted molar refractivity (Wildman–Crippen MR) is 118 cm³/mol. The number of nitrogens with one attached hydrogen (secondary N) is 1. The monoisotopic (exact) mass is 408 g/mol. The highest BCUT2D eigenvalue weighted by Crippen LogP contribution is 2.31. The van der Waals surface area contributed by atoms with Crippen molar-refractivity contribution in [1.29, 1.82) is 0 Å². The molecule has 1 saturated heterocycles. The quantitative estimate of drug-likeness (QED) is 0.484. The molecule has 0 spiro atoms. The van der Waals surface area contributed by atoms with Gasteiger partial charge in [0.1, 0.15) is 5.82 Å². The van der Waals surface area contributed by atoms with Crippen LogP contribution in [-0.2, 0) is 4.74 Å². The molecular formula is C24H25ClN2O2. The number of halogens is 1. The number of anilines is 2. The van der Waals surface area contributed by atoms with E-state index in [1.54, 1.807) is 6.20 Å². The van der Waals surface area contributed by atoms with Crippen molar-refractivity contribution in [3.05, 3.63) is 64.8 Å². The molecule has 1 aromatic heterocycles. The zero-order chi connectivity index (χ0) is 20.2. The van der Waals surface area contributed by atoms with Gasteiger partial charge in [-0.2, -0.15) is 0 Å². The first-order chi connectivity index (χ1) is 14.1. The fourth-order valence-corrected chi connectivity index (χ4v) is 4.20. The lowest BCUT2D eigenvalue weighted by molar-refractivity contribution is 0.0619. The zero-order valence-electron chi connectivity index (χ0n) is 16.6. The molecule has 1 aliphatic rings. The molecule has 2 heterocycles. The molecule has 3 aromatic rings. The molecule has 4 rings (SSSR count). The standard InChI is InChI=1S/C24H25ClN2O2/c1-16-4-2-7-20-23(16)21(22(28)9-8-17-10-12-29-13-11-17)15-26-24(20)27-19-6-3-5-18(25)14-19/h2-7,14-15,17H,8-13H2,1H3,(H,26,27). The Labute approximate surface area is 176 Å². The molecule has 1 fully saturated rings. The second-order valence-electron chi connectivity index (χ2n) is 7.67. The van der Waals surface area contributed by atoms with Gasteiger partial charge in [-0.15, -0.1) is 0 Å². The number of fused-ring (bicyclic) bond motifs is 1. The van der Waals surface area contributed by atoms with Crippen molar-refractivity contribution in [2.24, 2.45) is 5.92 Å². The second kappa shape index (κ2) is 8.93. The van der Waals surface area contributed by atoms with Crippen molar-refractivity contribution in [3.63, 3.8) is 0 Å². The minimum atomic E-state index is 0.164. The number of carbonyl (C=O) groups excluding carboxylic acids is 1. The Balaban J connectivity index is 1.62. The topological polar surface area (TPSA) is 51.2 Å². The van der Waals surface area contributed by atoms with Gasteiger partial charge in [0.05, 0.1) is 0 Å². The molecule has 1 aliphatic heterocycles. The van der Waals surface area contributed by atoms with E-state index in [0.29, 0.717) is 22.9 Å². The van der Waals surface area contributed by atoms with Gasteiger partial charge < -0.3 is 10.1 Å². The van der Waals surface area contributed by atoms with Crippen molar-refractivity contribution < 1.29 is 9.53 Å². The molecule has 0 radical (unpaired) electrons. The molecule has 2 aromatic carbocycles. The van der Waals surface area contributed by atoms with Crippen LogP contribution in [-0.4, -0.2) is 24.0 Å². The molecule has 150 valence electrons. The highest BCUT2D eigenvalue weighted by atomic mass is 35.5. The third-order valence-corrected chi connectivity index (χ3v) is 5.86. The van der Waals surface area contributed by atoms with Crippen LogP contribution >= 0.6 is 11.6 Å². The Morgan fingerprint density at radius 1 is 1.21 bits per heavy atom. The van der Waals surface area contributed by atoms with Gasteiger partial charge in [-0.3, -0.25) is 4.79 Å². The number of rotatable bonds is 6. The smallest absolute Gasteiger partial charge is 0.165 e. The van der Waals surface area contributed by atoms with Gasteiger partial charge in [0.2, 0.25) is 0 Å². The normalized spacial score (nSPS) is 14.8. The van der Waals surface area contributed by atoms with Crippen molar-refractivity contribution in [3.8, 4) is 0 Å². The Kier molecular flexibility index (Phi) is 6.12. The number of ether oxygens (including phenoxy) is 1. The summed E-state index contributed by atoms with van der Waals surface area (Å²) >= 11 is 6.11. The first-order valence-electron chi connectivity index (χ1n) is 10.1. The van der Waals surface area contributed by atoms with E-state index in [2.05, 4.69) is 10.3 Å². The van der Waals surface area contributed by atoms with Crippen LogP contribution in [0, 0.1) is 12.8 Å². The number of aromatic nitrogens is 1. The molecule has 0 amide bonds. The third kappa shape index (κ3) is 4.60. The molecule has 0 atom stereocenters. The molecule has 0 saturated carbocycles. The number of carbonyl (C=O) groups is 1. The number of pyridine rings is 1. The van der Waals surface area contributed by atoms with E-state index in [1.165, 1.54) is 0 Å². The van der Waals surface area contributed by atoms with Crippen LogP contribution in [0.3, 0.4) is 0 Å². The van der Waals surface area contributed by atoms with Crippen molar-refractivity contribution in [1.82, 2.24) is 4.98 Å². The minimum absolute atomic E-state index is 0.164. The molecule has 0 unspecified atom stereocenters. The number of Topliss-reactive ketones (excluding diaryl/α,β-unsaturated/α-hetero) is 1. The average Bonchev–Trinajstić information content (AvgIpc) is 2.73. The SMILES string of the molecule is Cc1cccc2c(Nc3cccc(Cl)c3)ncc(C(=O)CCC3CCOCC3)c12. The second-order valence-corrected chi connectivity index (χ2v) is 8.11. The van der Waals surface area contributed by atoms with Gasteiger partial charge in [-0.25, -0.2) is 4.98 Å². The number of ketones is 1. The maximum absolute atomic E-state index is 13.1. The van der Waals surface area contributed by atoms with Crippen LogP contribution in [0.15, 0.2) is 48.7 Å². The summed E-state index contributed by atoms with van der Waals surface area (Å²) in [5.41, 5.74) is 2.65. The minimum Gasteiger partial charge on any atom is -0.381 e. The summed E-state index contributed by atoms with van der Waals surface area (Å²) in [6.07, 6.45) is 5.28. The highest BCUT2D eigenvalue weighted by Gasteiger charge is 2.19. The fourth-order valence-electron chi connectivity index (χ4n) is 4.00. The number of benzene rings is 2. The molecule has 1 N–H and O–H groups in total. The third-order valence-electron chi connectivity index (χ3n) is 5.63. The van der Waals surface area contributed by atoms with Crippen molar-refractivity contribution >= 4 is 39.7 Å². The van der Waals surface area contributed by atoms with Gasteiger partial charge >= 0.3 is 0 Å². The first-order valence-corrected chi connectivity index (χ1v) is 10.5. The van der Waals surface area contributed by atoms with Crippen LogP contribution in [0.4, 0.5) is 11.5 Å². The Hall–Kier alpha value is -2.43. The van der Waals surface area contributed by atoms with Gasteiger partial charge in [0, 0.05) is 52.9 Å². The summed E-state index contributed by atoms with van der Waals surface area (Å²) < 4.78 is 5.42. The van der Waals surface area contributed by atoms with E-state index in [1.807, 2.05) is 49.4 Å². The first kappa shape index (κ1) is 19.9. The molecule has 29 heavy (non-hydrogen) atoms. The number of nitrogens with zero attached hydrogens (tertiary/aromatic N) is 1. The van der Waals surface area contributed by atoms with E-state index in [9.17, 15) is 4.79 Å². The molecule has 5 heteroatoms. The number of aryl methyl sites for hydroxylation is 1. The van der Waals surface area contributed by atoms with E-state index < -0.39 is 0 Å². The van der Waals surface area contributed by atoms with E-state index in [-0.39, 0.29) is 5.78 Å². The largest absolute Gasteiger partial charge is 0.381 e. The van der Waals surface area contributed by atoms with E-state index in [4.69, 9.17) is 16.3 Å². The van der Waals surface area contributed by atoms with Crippen LogP contribution in [0.5, 0.6) is 0 Å². The van der Waals surface area contributed by atoms with Gasteiger partial charge in [0.25, 0.3) is 0 Å². The number of hydrogen-bond donors (Lipinski definition) is 1. The molecule has 0 bridgehead atoms. The van der Waals surface area contributed by atoms with Gasteiger partial charge in [0.15, 0.2) is 5.78 Å². The lowest BCUT2D eigenvalue weighted by Crippen LogP contribution is -2.16. The maximum Gasteiger partial charge on any atom is 0.165 e. The van der Waals surface area contributed by atoms with Gasteiger partial charge in [-0.1, -0.05) is 35.9 Å². The van der Waals surface area contributed by atoms with Crippen molar-refractivity contribution in [2.45, 2.75) is 32.6 Å². The predicted octanol–water partition coefficient (Wildman–Crippen LogP) is 6.33. The van der Waals surface area contributed by atoms with E-state index in [0.717, 1.165) is 60.3 Å². The van der Waals surface area contributed by atoms with Crippen LogP contribution in [0.2, 0.25) is 5.02 Å². The molecule has 0 aliphatic carbocycles. The summed E-state index contributed by atoms with van der Waals surface area (Å²) in [5, 5.41) is 5.93. The van der Waals surface area contributed by atoms with Crippen molar-refractivity contribution in [2.75, 3.05) is 18.5 Å². The summed E-state index contributed by atoms with van der Waals surface area (Å²) in [6.45, 7) is 3.67. The van der Waals surface area contributed by atoms with E-state index >= 15 is 0 Å². The zero-order valence-corrected chi connectivity index (χ0v) is 17.3. The Morgan fingerprint density at radius 2 is 2.00 bits per heavy atom. The van der Waals surface area contributed by atoms with Crippen LogP contribution < -0.4 is 5.32 Å². The summed E-state index contributed by atoms with van der Waals surface area (Å²) in [5.74, 6) is 1.47. The number of hydrogen-bond acceptors (Lipinski definition) is 4. The summed E-state index contributed by atoms with van der Waals surface area (Å²) in [4.78, 5) is 17.7.